The summed E-state index contributed by atoms with van der Waals surface area (Å²) in [5, 5.41) is 9.60. The molecule has 0 saturated heterocycles. The number of sulfonamides is 1. The lowest BCUT2D eigenvalue weighted by atomic mass is 10.5. The predicted octanol–water partition coefficient (Wildman–Crippen LogP) is 0.420. The monoisotopic (exact) mass is 342 g/mol. The maximum Gasteiger partial charge on any atom is 0.269 e. The van der Waals surface area contributed by atoms with Crippen LogP contribution in [0.3, 0.4) is 0 Å². The lowest BCUT2D eigenvalue weighted by molar-refractivity contribution is -0.114. The molecular weight excluding hydrogens is 328 g/mol. The van der Waals surface area contributed by atoms with Gasteiger partial charge in [0.15, 0.2) is 0 Å². The van der Waals surface area contributed by atoms with Gasteiger partial charge in [-0.25, -0.2) is 13.1 Å². The predicted molar refractivity (Wildman–Crippen MR) is 75.6 cm³/mol. The number of carbonyl (C=O) groups is 1. The van der Waals surface area contributed by atoms with Crippen LogP contribution in [0.1, 0.15) is 13.3 Å². The van der Waals surface area contributed by atoms with Gasteiger partial charge >= 0.3 is 0 Å². The number of nitrogens with zero attached hydrogens (tertiary/aromatic N) is 2. The standard InChI is InChI=1S/C9H15ClN4O4S2/c1-7(15)12-8-13-14-9(19-8)20(16,17)11-4-2-5-18-6-3-10/h11H,2-6H2,1H3,(H,12,13,15). The summed E-state index contributed by atoms with van der Waals surface area (Å²) in [6.07, 6.45) is 0.521. The Hall–Kier alpha value is -0.810. The average Bonchev–Trinajstić information content (AvgIpc) is 2.82. The zero-order valence-electron chi connectivity index (χ0n) is 10.8. The van der Waals surface area contributed by atoms with E-state index in [-0.39, 0.29) is 21.9 Å². The molecule has 0 fully saturated rings. The second-order valence-corrected chi connectivity index (χ2v) is 6.90. The van der Waals surface area contributed by atoms with E-state index in [1.54, 1.807) is 0 Å². The number of hydrogen-bond donors (Lipinski definition) is 2. The van der Waals surface area contributed by atoms with Crippen molar-refractivity contribution in [1.82, 2.24) is 14.9 Å². The van der Waals surface area contributed by atoms with Gasteiger partial charge in [-0.15, -0.1) is 21.8 Å². The van der Waals surface area contributed by atoms with Gasteiger partial charge in [-0.1, -0.05) is 11.3 Å². The van der Waals surface area contributed by atoms with Crippen LogP contribution in [-0.4, -0.2) is 50.2 Å². The number of nitrogens with one attached hydrogen (secondary N) is 2. The molecule has 0 atom stereocenters. The molecule has 0 saturated carbocycles. The molecule has 0 spiro atoms. The highest BCUT2D eigenvalue weighted by atomic mass is 35.5. The maximum absolute atomic E-state index is 11.8. The van der Waals surface area contributed by atoms with E-state index in [9.17, 15) is 13.2 Å². The van der Waals surface area contributed by atoms with Crippen LogP contribution in [0.15, 0.2) is 4.34 Å². The zero-order chi connectivity index (χ0) is 15.0. The van der Waals surface area contributed by atoms with Gasteiger partial charge in [-0.3, -0.25) is 4.79 Å². The summed E-state index contributed by atoms with van der Waals surface area (Å²) in [5.41, 5.74) is 0. The van der Waals surface area contributed by atoms with E-state index >= 15 is 0 Å². The average molecular weight is 343 g/mol. The van der Waals surface area contributed by atoms with Crippen molar-refractivity contribution in [2.24, 2.45) is 0 Å². The molecule has 11 heteroatoms. The van der Waals surface area contributed by atoms with Gasteiger partial charge in [-0.05, 0) is 6.42 Å². The highest BCUT2D eigenvalue weighted by molar-refractivity contribution is 7.91. The van der Waals surface area contributed by atoms with Gasteiger partial charge in [0.1, 0.15) is 0 Å². The van der Waals surface area contributed by atoms with E-state index in [4.69, 9.17) is 16.3 Å². The molecule has 0 aromatic carbocycles. The summed E-state index contributed by atoms with van der Waals surface area (Å²) in [5.74, 6) is 0.0668. The number of amides is 1. The van der Waals surface area contributed by atoms with E-state index in [0.717, 1.165) is 11.3 Å². The van der Waals surface area contributed by atoms with E-state index < -0.39 is 10.0 Å². The number of aromatic nitrogens is 2. The van der Waals surface area contributed by atoms with Crippen LogP contribution in [0.5, 0.6) is 0 Å². The highest BCUT2D eigenvalue weighted by Crippen LogP contribution is 2.19. The second kappa shape index (κ2) is 8.47. The molecule has 0 bridgehead atoms. The van der Waals surface area contributed by atoms with Crippen LogP contribution >= 0.6 is 22.9 Å². The minimum absolute atomic E-state index is 0.142. The smallest absolute Gasteiger partial charge is 0.269 e. The van der Waals surface area contributed by atoms with Gasteiger partial charge in [0.2, 0.25) is 15.4 Å². The van der Waals surface area contributed by atoms with Crippen LogP contribution in [0, 0.1) is 0 Å². The van der Waals surface area contributed by atoms with Gasteiger partial charge in [-0.2, -0.15) is 0 Å². The molecule has 0 radical (unpaired) electrons. The number of carbonyl (C=O) groups excluding carboxylic acids is 1. The third kappa shape index (κ3) is 6.09. The normalized spacial score (nSPS) is 11.5. The second-order valence-electron chi connectivity index (χ2n) is 3.61. The van der Waals surface area contributed by atoms with Crippen molar-refractivity contribution in [3.8, 4) is 0 Å². The molecule has 0 aliphatic rings. The number of ether oxygens (including phenoxy) is 1. The molecule has 8 nitrogen and oxygen atoms in total. The molecule has 1 rings (SSSR count). The van der Waals surface area contributed by atoms with Gasteiger partial charge in [0, 0.05) is 26.0 Å². The molecule has 20 heavy (non-hydrogen) atoms. The fourth-order valence-electron chi connectivity index (χ4n) is 1.12. The molecule has 0 unspecified atom stereocenters. The van der Waals surface area contributed by atoms with Crippen molar-refractivity contribution >= 4 is 44.0 Å². The SMILES string of the molecule is CC(=O)Nc1nnc(S(=O)(=O)NCCCOCCCl)s1. The van der Waals surface area contributed by atoms with E-state index in [1.165, 1.54) is 6.92 Å². The summed E-state index contributed by atoms with van der Waals surface area (Å²) >= 11 is 6.21. The minimum Gasteiger partial charge on any atom is -0.380 e. The molecule has 1 heterocycles. The fraction of sp³-hybridized carbons (Fsp3) is 0.667. The summed E-state index contributed by atoms with van der Waals surface area (Å²) < 4.78 is 31.0. The first-order valence-corrected chi connectivity index (χ1v) is 8.53. The fourth-order valence-corrected chi connectivity index (χ4v) is 3.29. The number of rotatable bonds is 9. The molecule has 0 aliphatic carbocycles. The third-order valence-corrected chi connectivity index (χ3v) is 4.72. The molecule has 1 amide bonds. The third-order valence-electron chi connectivity index (χ3n) is 1.90. The highest BCUT2D eigenvalue weighted by Gasteiger charge is 2.19. The molecule has 114 valence electrons. The van der Waals surface area contributed by atoms with Crippen molar-refractivity contribution in [1.29, 1.82) is 0 Å². The van der Waals surface area contributed by atoms with Crippen molar-refractivity contribution < 1.29 is 17.9 Å². The van der Waals surface area contributed by atoms with Crippen molar-refractivity contribution in [3.63, 3.8) is 0 Å². The topological polar surface area (TPSA) is 110 Å². The largest absolute Gasteiger partial charge is 0.380 e. The number of alkyl halides is 1. The summed E-state index contributed by atoms with van der Waals surface area (Å²) in [6.45, 7) is 2.38. The lowest BCUT2D eigenvalue weighted by Gasteiger charge is -2.03. The van der Waals surface area contributed by atoms with Gasteiger partial charge < -0.3 is 10.1 Å². The Morgan fingerprint density at radius 3 is 2.80 bits per heavy atom. The maximum atomic E-state index is 11.8. The summed E-state index contributed by atoms with van der Waals surface area (Å²) in [6, 6.07) is 0. The molecular formula is C9H15ClN4O4S2. The van der Waals surface area contributed by atoms with E-state index in [2.05, 4.69) is 20.2 Å². The van der Waals surface area contributed by atoms with Crippen molar-refractivity contribution in [2.45, 2.75) is 17.7 Å². The van der Waals surface area contributed by atoms with Crippen molar-refractivity contribution in [3.05, 3.63) is 0 Å². The summed E-state index contributed by atoms with van der Waals surface area (Å²) in [4.78, 5) is 10.8. The molecule has 1 aromatic rings. The zero-order valence-corrected chi connectivity index (χ0v) is 13.1. The van der Waals surface area contributed by atoms with E-state index in [1.807, 2.05) is 0 Å². The first kappa shape index (κ1) is 17.2. The van der Waals surface area contributed by atoms with Gasteiger partial charge in [0.25, 0.3) is 10.0 Å². The molecule has 2 N–H and O–H groups in total. The summed E-state index contributed by atoms with van der Waals surface area (Å²) in [7, 11) is -3.71. The first-order valence-electron chi connectivity index (χ1n) is 5.70. The van der Waals surface area contributed by atoms with Crippen molar-refractivity contribution in [2.75, 3.05) is 31.0 Å². The Labute approximate surface area is 125 Å². The van der Waals surface area contributed by atoms with Crippen LogP contribution in [0.4, 0.5) is 5.13 Å². The Morgan fingerprint density at radius 1 is 1.40 bits per heavy atom. The quantitative estimate of drug-likeness (QED) is 0.382. The molecule has 1 aromatic heterocycles. The van der Waals surface area contributed by atoms with Gasteiger partial charge in [0.05, 0.1) is 6.61 Å². The van der Waals surface area contributed by atoms with Crippen LogP contribution in [0.25, 0.3) is 0 Å². The molecule has 0 aliphatic heterocycles. The minimum atomic E-state index is -3.71. The van der Waals surface area contributed by atoms with Crippen LogP contribution in [0.2, 0.25) is 0 Å². The number of halogens is 1. The van der Waals surface area contributed by atoms with E-state index in [0.29, 0.717) is 25.5 Å². The Morgan fingerprint density at radius 2 is 2.15 bits per heavy atom. The lowest BCUT2D eigenvalue weighted by Crippen LogP contribution is -2.25. The number of anilines is 1. The van der Waals surface area contributed by atoms with Crippen LogP contribution < -0.4 is 10.0 Å². The Bertz CT molecular complexity index is 534. The number of hydrogen-bond acceptors (Lipinski definition) is 7. The van der Waals surface area contributed by atoms with Crippen LogP contribution in [-0.2, 0) is 19.6 Å². The Balaban J connectivity index is 2.43. The Kier molecular flexibility index (Phi) is 7.30. The first-order chi connectivity index (χ1) is 9.45.